The molecule has 0 amide bonds. The highest BCUT2D eigenvalue weighted by molar-refractivity contribution is 5.16. The summed E-state index contributed by atoms with van der Waals surface area (Å²) >= 11 is 0. The first-order valence-corrected chi connectivity index (χ1v) is 4.17. The van der Waals surface area contributed by atoms with Crippen LogP contribution in [0.25, 0.3) is 0 Å². The Hall–Kier alpha value is -1.12. The van der Waals surface area contributed by atoms with E-state index in [1.54, 1.807) is 6.92 Å². The molecule has 2 nitrogen and oxygen atoms in total. The van der Waals surface area contributed by atoms with Gasteiger partial charge in [0.1, 0.15) is 0 Å². The second-order valence-corrected chi connectivity index (χ2v) is 2.56. The summed E-state index contributed by atoms with van der Waals surface area (Å²) in [4.78, 5) is 0. The van der Waals surface area contributed by atoms with Gasteiger partial charge in [0.25, 0.3) is 0 Å². The number of hydrogen-bond donors (Lipinski definition) is 2. The Bertz CT molecular complexity index is 217. The van der Waals surface area contributed by atoms with Gasteiger partial charge in [0.15, 0.2) is 0 Å². The van der Waals surface area contributed by atoms with Crippen molar-refractivity contribution in [3.05, 3.63) is 48.6 Å². The quantitative estimate of drug-likeness (QED) is 0.682. The van der Waals surface area contributed by atoms with Crippen molar-refractivity contribution in [2.75, 3.05) is 6.61 Å². The molecule has 1 atom stereocenters. The largest absolute Gasteiger partial charge is 0.392 e. The molecule has 1 aromatic carbocycles. The van der Waals surface area contributed by atoms with Crippen LogP contribution in [-0.2, 0) is 0 Å². The zero-order chi connectivity index (χ0) is 10.1. The number of aliphatic hydroxyl groups excluding tert-OH is 2. The fraction of sp³-hybridized carbons (Fsp3) is 0.273. The van der Waals surface area contributed by atoms with Crippen LogP contribution in [0.4, 0.5) is 0 Å². The molecule has 0 saturated carbocycles. The normalized spacial score (nSPS) is 11.0. The van der Waals surface area contributed by atoms with E-state index in [1.165, 1.54) is 6.08 Å². The van der Waals surface area contributed by atoms with Crippen molar-refractivity contribution in [3.63, 3.8) is 0 Å². The van der Waals surface area contributed by atoms with E-state index >= 15 is 0 Å². The molecule has 0 heterocycles. The van der Waals surface area contributed by atoms with Gasteiger partial charge in [0, 0.05) is 0 Å². The predicted octanol–water partition coefficient (Wildman–Crippen LogP) is 1.90. The molecule has 0 aliphatic rings. The van der Waals surface area contributed by atoms with Gasteiger partial charge in [0.05, 0.1) is 12.7 Å². The second kappa shape index (κ2) is 7.53. The minimum atomic E-state index is -0.341. The first kappa shape index (κ1) is 11.9. The van der Waals surface area contributed by atoms with Gasteiger partial charge in [-0.05, 0) is 12.5 Å². The molecule has 0 fully saturated rings. The standard InChI is InChI=1S/C8H10O.C3H6O/c1-7(9)8-5-3-2-4-6-8;1-2-3-4/h2-7,9H,1H3;2,4H,1,3H2. The lowest BCUT2D eigenvalue weighted by molar-refractivity contribution is 0.199. The van der Waals surface area contributed by atoms with Gasteiger partial charge in [-0.2, -0.15) is 0 Å². The molecule has 0 aromatic heterocycles. The van der Waals surface area contributed by atoms with E-state index in [2.05, 4.69) is 6.58 Å². The zero-order valence-corrected chi connectivity index (χ0v) is 7.85. The molecule has 0 saturated heterocycles. The Morgan fingerprint density at radius 1 is 1.38 bits per heavy atom. The maximum atomic E-state index is 9.02. The van der Waals surface area contributed by atoms with E-state index < -0.39 is 0 Å². The van der Waals surface area contributed by atoms with Crippen molar-refractivity contribution < 1.29 is 10.2 Å². The fourth-order valence-corrected chi connectivity index (χ4v) is 0.732. The predicted molar refractivity (Wildman–Crippen MR) is 54.4 cm³/mol. The first-order valence-electron chi connectivity index (χ1n) is 4.17. The van der Waals surface area contributed by atoms with Crippen molar-refractivity contribution in [1.29, 1.82) is 0 Å². The van der Waals surface area contributed by atoms with Crippen molar-refractivity contribution in [2.45, 2.75) is 13.0 Å². The van der Waals surface area contributed by atoms with Crippen LogP contribution in [0.1, 0.15) is 18.6 Å². The molecule has 1 aromatic rings. The van der Waals surface area contributed by atoms with Gasteiger partial charge in [-0.15, -0.1) is 6.58 Å². The van der Waals surface area contributed by atoms with Crippen LogP contribution < -0.4 is 0 Å². The van der Waals surface area contributed by atoms with Gasteiger partial charge < -0.3 is 10.2 Å². The Labute approximate surface area is 79.2 Å². The Kier molecular flexibility index (Phi) is 6.88. The summed E-state index contributed by atoms with van der Waals surface area (Å²) < 4.78 is 0. The molecule has 0 aliphatic carbocycles. The van der Waals surface area contributed by atoms with E-state index in [0.717, 1.165) is 5.56 Å². The molecule has 0 bridgehead atoms. The third-order valence-corrected chi connectivity index (χ3v) is 1.41. The topological polar surface area (TPSA) is 40.5 Å². The van der Waals surface area contributed by atoms with Crippen LogP contribution in [-0.4, -0.2) is 16.8 Å². The molecule has 2 heteroatoms. The molecule has 13 heavy (non-hydrogen) atoms. The number of benzene rings is 1. The highest BCUT2D eigenvalue weighted by atomic mass is 16.3. The van der Waals surface area contributed by atoms with Crippen LogP contribution >= 0.6 is 0 Å². The number of aliphatic hydroxyl groups is 2. The van der Waals surface area contributed by atoms with Crippen LogP contribution in [0.15, 0.2) is 43.0 Å². The third kappa shape index (κ3) is 6.08. The van der Waals surface area contributed by atoms with E-state index in [9.17, 15) is 0 Å². The smallest absolute Gasteiger partial charge is 0.0761 e. The molecule has 72 valence electrons. The lowest BCUT2D eigenvalue weighted by Gasteiger charge is -2.00. The van der Waals surface area contributed by atoms with Gasteiger partial charge in [0.2, 0.25) is 0 Å². The Morgan fingerprint density at radius 3 is 2.08 bits per heavy atom. The summed E-state index contributed by atoms with van der Waals surface area (Å²) in [5.41, 5.74) is 0.970. The van der Waals surface area contributed by atoms with Crippen molar-refractivity contribution >= 4 is 0 Å². The first-order chi connectivity index (χ1) is 6.22. The highest BCUT2D eigenvalue weighted by Gasteiger charge is 1.95. The van der Waals surface area contributed by atoms with Gasteiger partial charge in [-0.1, -0.05) is 36.4 Å². The van der Waals surface area contributed by atoms with Gasteiger partial charge in [-0.25, -0.2) is 0 Å². The van der Waals surface area contributed by atoms with E-state index in [4.69, 9.17) is 10.2 Å². The summed E-state index contributed by atoms with van der Waals surface area (Å²) in [6.07, 6.45) is 1.09. The van der Waals surface area contributed by atoms with E-state index in [0.29, 0.717) is 0 Å². The average molecular weight is 180 g/mol. The van der Waals surface area contributed by atoms with Gasteiger partial charge >= 0.3 is 0 Å². The summed E-state index contributed by atoms with van der Waals surface area (Å²) in [5, 5.41) is 16.8. The Morgan fingerprint density at radius 2 is 1.85 bits per heavy atom. The molecule has 1 rings (SSSR count). The molecular formula is C11H16O2. The summed E-state index contributed by atoms with van der Waals surface area (Å²) in [6, 6.07) is 9.59. The molecule has 1 unspecified atom stereocenters. The van der Waals surface area contributed by atoms with Crippen molar-refractivity contribution in [1.82, 2.24) is 0 Å². The second-order valence-electron chi connectivity index (χ2n) is 2.56. The van der Waals surface area contributed by atoms with E-state index in [1.807, 2.05) is 30.3 Å². The maximum absolute atomic E-state index is 9.02. The van der Waals surface area contributed by atoms with E-state index in [-0.39, 0.29) is 12.7 Å². The van der Waals surface area contributed by atoms with Crippen LogP contribution in [0.3, 0.4) is 0 Å². The Balaban J connectivity index is 0.000000310. The molecule has 0 radical (unpaired) electrons. The highest BCUT2D eigenvalue weighted by Crippen LogP contribution is 2.08. The zero-order valence-electron chi connectivity index (χ0n) is 7.85. The van der Waals surface area contributed by atoms with Crippen LogP contribution in [0.2, 0.25) is 0 Å². The summed E-state index contributed by atoms with van der Waals surface area (Å²) in [7, 11) is 0. The minimum Gasteiger partial charge on any atom is -0.392 e. The third-order valence-electron chi connectivity index (χ3n) is 1.41. The fourth-order valence-electron chi connectivity index (χ4n) is 0.732. The number of hydrogen-bond acceptors (Lipinski definition) is 2. The number of rotatable bonds is 2. The van der Waals surface area contributed by atoms with Crippen LogP contribution in [0.5, 0.6) is 0 Å². The SMILES string of the molecule is C=CCO.CC(O)c1ccccc1. The monoisotopic (exact) mass is 180 g/mol. The van der Waals surface area contributed by atoms with Crippen LogP contribution in [0, 0.1) is 0 Å². The summed E-state index contributed by atoms with van der Waals surface area (Å²) in [5.74, 6) is 0. The summed E-state index contributed by atoms with van der Waals surface area (Å²) in [6.45, 7) is 5.07. The van der Waals surface area contributed by atoms with Crippen molar-refractivity contribution in [3.8, 4) is 0 Å². The molecule has 2 N–H and O–H groups in total. The minimum absolute atomic E-state index is 0.0833. The molecule has 0 aliphatic heterocycles. The van der Waals surface area contributed by atoms with Gasteiger partial charge in [-0.3, -0.25) is 0 Å². The lowest BCUT2D eigenvalue weighted by atomic mass is 10.1. The maximum Gasteiger partial charge on any atom is 0.0761 e. The molecule has 0 spiro atoms. The lowest BCUT2D eigenvalue weighted by Crippen LogP contribution is -1.87. The van der Waals surface area contributed by atoms with Crippen molar-refractivity contribution in [2.24, 2.45) is 0 Å². The average Bonchev–Trinajstić information content (AvgIpc) is 2.19. The molecular weight excluding hydrogens is 164 g/mol.